The molecule has 0 spiro atoms. The molecular formula is C12H20O7Si. The summed E-state index contributed by atoms with van der Waals surface area (Å²) >= 11 is 0. The topological polar surface area (TPSA) is 88.1 Å². The zero-order chi connectivity index (χ0) is 15.3. The van der Waals surface area contributed by atoms with Crippen molar-refractivity contribution in [2.24, 2.45) is 0 Å². The van der Waals surface area contributed by atoms with E-state index in [0.717, 1.165) is 6.04 Å². The van der Waals surface area contributed by atoms with Crippen molar-refractivity contribution in [1.29, 1.82) is 0 Å². The highest BCUT2D eigenvalue weighted by molar-refractivity contribution is 6.52. The second-order valence-electron chi connectivity index (χ2n) is 4.60. The van der Waals surface area contributed by atoms with E-state index < -0.39 is 45.4 Å². The van der Waals surface area contributed by atoms with Gasteiger partial charge in [-0.25, -0.2) is 0 Å². The van der Waals surface area contributed by atoms with E-state index in [-0.39, 0.29) is 0 Å². The summed E-state index contributed by atoms with van der Waals surface area (Å²) in [6.07, 6.45) is -2.56. The molecule has 1 aliphatic heterocycles. The average Bonchev–Trinajstić information content (AvgIpc) is 2.30. The normalized spacial score (nSPS) is 29.4. The summed E-state index contributed by atoms with van der Waals surface area (Å²) in [6.45, 7) is 5.72. The Kier molecular flexibility index (Phi) is 6.15. The largest absolute Gasteiger partial charge is 0.459 e. The Morgan fingerprint density at radius 3 is 2.05 bits per heavy atom. The van der Waals surface area contributed by atoms with Crippen molar-refractivity contribution >= 4 is 26.9 Å². The van der Waals surface area contributed by atoms with Crippen LogP contribution in [0.4, 0.5) is 0 Å². The van der Waals surface area contributed by atoms with Gasteiger partial charge in [0.25, 0.3) is 0 Å². The summed E-state index contributed by atoms with van der Waals surface area (Å²) in [4.78, 5) is 33.5. The maximum atomic E-state index is 11.2. The molecule has 1 rings (SSSR count). The quantitative estimate of drug-likeness (QED) is 0.425. The smallest absolute Gasteiger partial charge is 0.305 e. The summed E-state index contributed by atoms with van der Waals surface area (Å²) in [5.41, 5.74) is 0. The van der Waals surface area contributed by atoms with Crippen molar-refractivity contribution in [3.8, 4) is 0 Å². The average molecular weight is 304 g/mol. The number of carbonyl (C=O) groups is 3. The van der Waals surface area contributed by atoms with Gasteiger partial charge in [-0.3, -0.25) is 14.4 Å². The highest BCUT2D eigenvalue weighted by Gasteiger charge is 2.44. The Morgan fingerprint density at radius 2 is 1.60 bits per heavy atom. The summed E-state index contributed by atoms with van der Waals surface area (Å²) < 4.78 is 21.1. The van der Waals surface area contributed by atoms with Gasteiger partial charge in [0.2, 0.25) is 6.29 Å². The highest BCUT2D eigenvalue weighted by Crippen LogP contribution is 2.27. The lowest BCUT2D eigenvalue weighted by Crippen LogP contribution is -2.54. The molecule has 0 radical (unpaired) electrons. The lowest BCUT2D eigenvalue weighted by atomic mass is 10.2. The molecule has 0 saturated carbocycles. The van der Waals surface area contributed by atoms with Crippen LogP contribution in [0.25, 0.3) is 0 Å². The van der Waals surface area contributed by atoms with E-state index >= 15 is 0 Å². The van der Waals surface area contributed by atoms with Crippen molar-refractivity contribution in [3.63, 3.8) is 0 Å². The van der Waals surface area contributed by atoms with E-state index in [1.807, 2.05) is 6.92 Å². The molecule has 7 nitrogen and oxygen atoms in total. The Morgan fingerprint density at radius 1 is 1.05 bits per heavy atom. The second kappa shape index (κ2) is 7.39. The summed E-state index contributed by atoms with van der Waals surface area (Å²) in [5, 5.41) is 0. The fraction of sp³-hybridized carbons (Fsp3) is 0.750. The number of ether oxygens (including phenoxy) is 3. The third-order valence-corrected chi connectivity index (χ3v) is 5.37. The van der Waals surface area contributed by atoms with Crippen molar-refractivity contribution in [1.82, 2.24) is 0 Å². The van der Waals surface area contributed by atoms with Crippen LogP contribution in [0, 0.1) is 0 Å². The fourth-order valence-corrected chi connectivity index (χ4v) is 4.17. The molecule has 20 heavy (non-hydrogen) atoms. The first-order chi connectivity index (χ1) is 9.33. The zero-order valence-corrected chi connectivity index (χ0v) is 13.2. The van der Waals surface area contributed by atoms with Crippen molar-refractivity contribution in [2.45, 2.75) is 58.3 Å². The van der Waals surface area contributed by atoms with Gasteiger partial charge in [0.15, 0.2) is 15.1 Å². The second-order valence-corrected chi connectivity index (χ2v) is 7.41. The van der Waals surface area contributed by atoms with Crippen LogP contribution in [0.5, 0.6) is 0 Å². The van der Waals surface area contributed by atoms with Gasteiger partial charge in [-0.2, -0.15) is 0 Å². The Bertz CT molecular complexity index is 358. The molecule has 0 aromatic rings. The van der Waals surface area contributed by atoms with Crippen LogP contribution in [0.1, 0.15) is 27.7 Å². The number of rotatable bonds is 4. The molecule has 1 heterocycles. The predicted molar refractivity (Wildman–Crippen MR) is 70.2 cm³/mol. The van der Waals surface area contributed by atoms with Gasteiger partial charge in [-0.05, 0) is 6.04 Å². The van der Waals surface area contributed by atoms with Gasteiger partial charge in [0, 0.05) is 26.8 Å². The van der Waals surface area contributed by atoms with Gasteiger partial charge in [0.1, 0.15) is 6.10 Å². The first kappa shape index (κ1) is 16.6. The molecule has 0 aromatic heterocycles. The van der Waals surface area contributed by atoms with Gasteiger partial charge in [-0.1, -0.05) is 6.92 Å². The number of carbonyl (C=O) groups excluding carboxylic acids is 3. The van der Waals surface area contributed by atoms with E-state index in [4.69, 9.17) is 18.6 Å². The molecule has 0 aliphatic carbocycles. The van der Waals surface area contributed by atoms with Crippen molar-refractivity contribution < 1.29 is 33.0 Å². The third kappa shape index (κ3) is 4.93. The van der Waals surface area contributed by atoms with Crippen LogP contribution in [-0.2, 0) is 33.0 Å². The molecular weight excluding hydrogens is 284 g/mol. The predicted octanol–water partition coefficient (Wildman–Crippen LogP) is 0.513. The minimum absolute atomic E-state index is 0.473. The molecule has 0 amide bonds. The highest BCUT2D eigenvalue weighted by atomic mass is 28.3. The minimum atomic E-state index is -1.67. The maximum Gasteiger partial charge on any atom is 0.305 e. The molecule has 4 atom stereocenters. The molecule has 1 aliphatic rings. The summed E-state index contributed by atoms with van der Waals surface area (Å²) in [5.74, 6) is -1.57. The molecule has 4 unspecified atom stereocenters. The number of esters is 3. The van der Waals surface area contributed by atoms with Gasteiger partial charge in [-0.15, -0.1) is 0 Å². The monoisotopic (exact) mass is 304 g/mol. The van der Waals surface area contributed by atoms with E-state index in [0.29, 0.717) is 6.04 Å². The zero-order valence-electron chi connectivity index (χ0n) is 12.1. The molecule has 1 fully saturated rings. The standard InChI is InChI=1S/C12H20O7Si/c1-5-20-6-10(16-7(2)13)11(17-8(3)14)12(19-20)18-9(4)15/h10-12,20H,5-6H2,1-4H3. The molecule has 8 heteroatoms. The van der Waals surface area contributed by atoms with Gasteiger partial charge in [0.05, 0.1) is 0 Å². The molecule has 0 bridgehead atoms. The van der Waals surface area contributed by atoms with E-state index in [2.05, 4.69) is 0 Å². The number of hydrogen-bond acceptors (Lipinski definition) is 7. The van der Waals surface area contributed by atoms with Crippen LogP contribution < -0.4 is 0 Å². The number of hydrogen-bond donors (Lipinski definition) is 0. The van der Waals surface area contributed by atoms with E-state index in [1.54, 1.807) is 0 Å². The molecule has 114 valence electrons. The van der Waals surface area contributed by atoms with E-state index in [1.165, 1.54) is 20.8 Å². The van der Waals surface area contributed by atoms with Crippen LogP contribution in [-0.4, -0.2) is 45.4 Å². The minimum Gasteiger partial charge on any atom is -0.459 e. The molecule has 1 saturated heterocycles. The van der Waals surface area contributed by atoms with E-state index in [9.17, 15) is 14.4 Å². The van der Waals surface area contributed by atoms with Crippen LogP contribution in [0.2, 0.25) is 12.1 Å². The van der Waals surface area contributed by atoms with Gasteiger partial charge >= 0.3 is 17.9 Å². The summed E-state index contributed by atoms with van der Waals surface area (Å²) in [7, 11) is -1.67. The fourth-order valence-electron chi connectivity index (χ4n) is 2.06. The molecule has 0 N–H and O–H groups in total. The lowest BCUT2D eigenvalue weighted by Gasteiger charge is -2.39. The van der Waals surface area contributed by atoms with Crippen LogP contribution in [0.3, 0.4) is 0 Å². The SMILES string of the molecule is CC[SiH]1CC(OC(C)=O)C(OC(C)=O)C(OC(C)=O)O1. The Balaban J connectivity index is 2.92. The van der Waals surface area contributed by atoms with Crippen molar-refractivity contribution in [2.75, 3.05) is 0 Å². The van der Waals surface area contributed by atoms with Gasteiger partial charge < -0.3 is 18.6 Å². The first-order valence-electron chi connectivity index (χ1n) is 6.50. The van der Waals surface area contributed by atoms with Crippen molar-refractivity contribution in [3.05, 3.63) is 0 Å². The lowest BCUT2D eigenvalue weighted by molar-refractivity contribution is -0.214. The third-order valence-electron chi connectivity index (χ3n) is 2.81. The molecule has 0 aromatic carbocycles. The van der Waals surface area contributed by atoms with Crippen LogP contribution in [0.15, 0.2) is 0 Å². The first-order valence-corrected chi connectivity index (χ1v) is 8.61. The van der Waals surface area contributed by atoms with Crippen LogP contribution >= 0.6 is 0 Å². The Labute approximate surface area is 119 Å². The summed E-state index contributed by atoms with van der Waals surface area (Å²) in [6, 6.07) is 1.31. The Hall–Kier alpha value is -1.41. The maximum absolute atomic E-state index is 11.2.